The molecule has 23 heavy (non-hydrogen) atoms. The number of aromatic nitrogens is 1. The van der Waals surface area contributed by atoms with Crippen molar-refractivity contribution in [2.24, 2.45) is 5.41 Å². The average Bonchev–Trinajstić information content (AvgIpc) is 3.15. The summed E-state index contributed by atoms with van der Waals surface area (Å²) in [5.74, 6) is -1.16. The standard InChI is InChI=1S/C16H21N3O4/c1-11(20)19-10-16(9-13(19)15(22)23)4-7-18(8-5-16)14(21)12-3-2-6-17-12/h2-3,6,13,17H,4-5,7-10H2,1H3,(H,22,23). The molecule has 3 heterocycles. The molecule has 1 unspecified atom stereocenters. The molecular formula is C16H21N3O4. The molecule has 3 rings (SSSR count). The number of carbonyl (C=O) groups is 3. The Kier molecular flexibility index (Phi) is 3.87. The van der Waals surface area contributed by atoms with E-state index < -0.39 is 12.0 Å². The minimum Gasteiger partial charge on any atom is -0.480 e. The summed E-state index contributed by atoms with van der Waals surface area (Å²) in [6.07, 6.45) is 3.66. The van der Waals surface area contributed by atoms with Gasteiger partial charge in [0, 0.05) is 32.8 Å². The van der Waals surface area contributed by atoms with E-state index in [9.17, 15) is 19.5 Å². The number of aromatic amines is 1. The second-order valence-electron chi connectivity index (χ2n) is 6.58. The van der Waals surface area contributed by atoms with Crippen molar-refractivity contribution in [1.29, 1.82) is 0 Å². The predicted octanol–water partition coefficient (Wildman–Crippen LogP) is 0.942. The van der Waals surface area contributed by atoms with E-state index in [0.29, 0.717) is 31.7 Å². The van der Waals surface area contributed by atoms with Crippen molar-refractivity contribution in [2.75, 3.05) is 19.6 Å². The molecule has 2 amide bonds. The molecule has 2 saturated heterocycles. The highest BCUT2D eigenvalue weighted by Crippen LogP contribution is 2.43. The highest BCUT2D eigenvalue weighted by atomic mass is 16.4. The van der Waals surface area contributed by atoms with Crippen molar-refractivity contribution in [3.05, 3.63) is 24.0 Å². The van der Waals surface area contributed by atoms with E-state index in [2.05, 4.69) is 4.98 Å². The number of nitrogens with one attached hydrogen (secondary N) is 1. The molecule has 0 bridgehead atoms. The normalized spacial score (nSPS) is 23.3. The molecule has 7 heteroatoms. The molecule has 0 radical (unpaired) electrons. The fourth-order valence-electron chi connectivity index (χ4n) is 3.79. The van der Waals surface area contributed by atoms with Crippen molar-refractivity contribution in [3.8, 4) is 0 Å². The van der Waals surface area contributed by atoms with Crippen LogP contribution in [0.25, 0.3) is 0 Å². The van der Waals surface area contributed by atoms with Crippen LogP contribution in [0.5, 0.6) is 0 Å². The summed E-state index contributed by atoms with van der Waals surface area (Å²) in [5.41, 5.74) is 0.391. The van der Waals surface area contributed by atoms with Gasteiger partial charge < -0.3 is 19.9 Å². The predicted molar refractivity (Wildman–Crippen MR) is 81.8 cm³/mol. The number of carbonyl (C=O) groups excluding carboxylic acids is 2. The Hall–Kier alpha value is -2.31. The summed E-state index contributed by atoms with van der Waals surface area (Å²) >= 11 is 0. The van der Waals surface area contributed by atoms with Gasteiger partial charge in [0.05, 0.1) is 0 Å². The van der Waals surface area contributed by atoms with Gasteiger partial charge in [-0.05, 0) is 36.8 Å². The van der Waals surface area contributed by atoms with E-state index in [0.717, 1.165) is 12.8 Å². The number of likely N-dealkylation sites (tertiary alicyclic amines) is 2. The van der Waals surface area contributed by atoms with E-state index in [1.165, 1.54) is 11.8 Å². The third kappa shape index (κ3) is 2.83. The van der Waals surface area contributed by atoms with Crippen LogP contribution in [0.2, 0.25) is 0 Å². The van der Waals surface area contributed by atoms with Gasteiger partial charge in [0.25, 0.3) is 5.91 Å². The summed E-state index contributed by atoms with van der Waals surface area (Å²) in [7, 11) is 0. The smallest absolute Gasteiger partial charge is 0.326 e. The Balaban J connectivity index is 1.67. The molecule has 2 N–H and O–H groups in total. The van der Waals surface area contributed by atoms with E-state index in [1.54, 1.807) is 23.2 Å². The van der Waals surface area contributed by atoms with Crippen LogP contribution in [0, 0.1) is 5.41 Å². The highest BCUT2D eigenvalue weighted by molar-refractivity contribution is 5.92. The van der Waals surface area contributed by atoms with Crippen molar-refractivity contribution in [3.63, 3.8) is 0 Å². The van der Waals surface area contributed by atoms with E-state index in [1.807, 2.05) is 0 Å². The number of hydrogen-bond acceptors (Lipinski definition) is 3. The van der Waals surface area contributed by atoms with Crippen LogP contribution in [0.1, 0.15) is 36.7 Å². The van der Waals surface area contributed by atoms with Crippen LogP contribution in [0.4, 0.5) is 0 Å². The largest absolute Gasteiger partial charge is 0.480 e. The van der Waals surface area contributed by atoms with Crippen LogP contribution in [0.15, 0.2) is 18.3 Å². The van der Waals surface area contributed by atoms with E-state index in [4.69, 9.17) is 0 Å². The van der Waals surface area contributed by atoms with Gasteiger partial charge in [0.2, 0.25) is 5.91 Å². The summed E-state index contributed by atoms with van der Waals surface area (Å²) in [6, 6.07) is 2.80. The minimum absolute atomic E-state index is 0.0268. The van der Waals surface area contributed by atoms with Crippen LogP contribution in [-0.4, -0.2) is 63.4 Å². The molecule has 7 nitrogen and oxygen atoms in total. The van der Waals surface area contributed by atoms with Gasteiger partial charge in [-0.2, -0.15) is 0 Å². The summed E-state index contributed by atoms with van der Waals surface area (Å²) < 4.78 is 0. The summed E-state index contributed by atoms with van der Waals surface area (Å²) in [5, 5.41) is 9.35. The second-order valence-corrected chi connectivity index (χ2v) is 6.58. The molecule has 1 aromatic heterocycles. The number of carboxylic acid groups (broad SMARTS) is 1. The van der Waals surface area contributed by atoms with Gasteiger partial charge >= 0.3 is 5.97 Å². The minimum atomic E-state index is -0.943. The zero-order valence-corrected chi connectivity index (χ0v) is 13.1. The fraction of sp³-hybridized carbons (Fsp3) is 0.562. The Morgan fingerprint density at radius 2 is 2.00 bits per heavy atom. The molecule has 0 aromatic carbocycles. The molecule has 2 aliphatic heterocycles. The maximum absolute atomic E-state index is 12.3. The van der Waals surface area contributed by atoms with Gasteiger partial charge in [-0.1, -0.05) is 0 Å². The molecule has 0 aliphatic carbocycles. The highest BCUT2D eigenvalue weighted by Gasteiger charge is 2.49. The quantitative estimate of drug-likeness (QED) is 0.848. The number of rotatable bonds is 2. The molecule has 1 aromatic rings. The molecular weight excluding hydrogens is 298 g/mol. The van der Waals surface area contributed by atoms with Gasteiger partial charge in [-0.15, -0.1) is 0 Å². The first-order valence-electron chi connectivity index (χ1n) is 7.85. The number of carboxylic acids is 1. The molecule has 1 atom stereocenters. The third-order valence-electron chi connectivity index (χ3n) is 5.14. The van der Waals surface area contributed by atoms with Crippen molar-refractivity contribution in [2.45, 2.75) is 32.2 Å². The number of aliphatic carboxylic acids is 1. The number of H-pyrrole nitrogens is 1. The second kappa shape index (κ2) is 5.72. The maximum Gasteiger partial charge on any atom is 0.326 e. The molecule has 1 spiro atoms. The lowest BCUT2D eigenvalue weighted by atomic mass is 9.76. The Bertz CT molecular complexity index is 593. The lowest BCUT2D eigenvalue weighted by Crippen LogP contribution is -2.44. The Morgan fingerprint density at radius 1 is 1.30 bits per heavy atom. The number of hydrogen-bond donors (Lipinski definition) is 2. The Morgan fingerprint density at radius 3 is 2.48 bits per heavy atom. The van der Waals surface area contributed by atoms with Crippen LogP contribution in [-0.2, 0) is 9.59 Å². The molecule has 2 fully saturated rings. The van der Waals surface area contributed by atoms with Crippen molar-refractivity contribution < 1.29 is 19.5 Å². The zero-order chi connectivity index (χ0) is 16.6. The monoisotopic (exact) mass is 319 g/mol. The van der Waals surface area contributed by atoms with Gasteiger partial charge in [-0.3, -0.25) is 9.59 Å². The van der Waals surface area contributed by atoms with Gasteiger partial charge in [-0.25, -0.2) is 4.79 Å². The number of piperidine rings is 1. The molecule has 2 aliphatic rings. The topological polar surface area (TPSA) is 93.7 Å². The lowest BCUT2D eigenvalue weighted by molar-refractivity contribution is -0.147. The molecule has 0 saturated carbocycles. The SMILES string of the molecule is CC(=O)N1CC2(CCN(C(=O)c3ccc[nH]3)CC2)CC1C(=O)O. The first-order valence-corrected chi connectivity index (χ1v) is 7.85. The maximum atomic E-state index is 12.3. The zero-order valence-electron chi connectivity index (χ0n) is 13.1. The van der Waals surface area contributed by atoms with Gasteiger partial charge in [0.15, 0.2) is 0 Å². The Labute approximate surface area is 134 Å². The number of nitrogens with zero attached hydrogens (tertiary/aromatic N) is 2. The first kappa shape index (κ1) is 15.6. The van der Waals surface area contributed by atoms with Crippen LogP contribution < -0.4 is 0 Å². The van der Waals surface area contributed by atoms with Crippen molar-refractivity contribution in [1.82, 2.24) is 14.8 Å². The lowest BCUT2D eigenvalue weighted by Gasteiger charge is -2.39. The summed E-state index contributed by atoms with van der Waals surface area (Å²) in [4.78, 5) is 41.6. The van der Waals surface area contributed by atoms with Gasteiger partial charge in [0.1, 0.15) is 11.7 Å². The van der Waals surface area contributed by atoms with E-state index in [-0.39, 0.29) is 17.2 Å². The van der Waals surface area contributed by atoms with Crippen molar-refractivity contribution >= 4 is 17.8 Å². The first-order chi connectivity index (χ1) is 10.9. The summed E-state index contributed by atoms with van der Waals surface area (Å²) in [6.45, 7) is 3.08. The van der Waals surface area contributed by atoms with Crippen LogP contribution >= 0.6 is 0 Å². The third-order valence-corrected chi connectivity index (χ3v) is 5.14. The van der Waals surface area contributed by atoms with E-state index >= 15 is 0 Å². The number of amides is 2. The molecule has 124 valence electrons. The average molecular weight is 319 g/mol. The van der Waals surface area contributed by atoms with Crippen LogP contribution in [0.3, 0.4) is 0 Å². The fourth-order valence-corrected chi connectivity index (χ4v) is 3.79.